The molecule has 1 atom stereocenters. The fraction of sp³-hybridized carbons (Fsp3) is 0.500. The molecule has 1 aromatic heterocycles. The Morgan fingerprint density at radius 3 is 2.73 bits per heavy atom. The van der Waals surface area contributed by atoms with Crippen LogP contribution in [-0.4, -0.2) is 39.9 Å². The van der Waals surface area contributed by atoms with Gasteiger partial charge in [-0.2, -0.15) is 0 Å². The number of carbonyl (C=O) groups excluding carboxylic acids is 2. The van der Waals surface area contributed by atoms with Crippen LogP contribution in [0.1, 0.15) is 19.3 Å². The Kier molecular flexibility index (Phi) is 3.25. The van der Waals surface area contributed by atoms with Crippen molar-refractivity contribution < 1.29 is 9.59 Å². The molecule has 0 bridgehead atoms. The monoisotopic (exact) mass is 382 g/mol. The van der Waals surface area contributed by atoms with Crippen LogP contribution in [0.15, 0.2) is 27.8 Å². The number of carbonyl (C=O) groups is 2. The molecule has 116 valence electrons. The third-order valence-corrected chi connectivity index (χ3v) is 6.35. The number of amides is 3. The molecule has 1 saturated carbocycles. The molecule has 6 nitrogen and oxygen atoms in total. The van der Waals surface area contributed by atoms with E-state index in [0.29, 0.717) is 0 Å². The zero-order chi connectivity index (χ0) is 15.4. The Balaban J connectivity index is 1.48. The molecule has 3 amide bonds. The lowest BCUT2D eigenvalue weighted by Crippen LogP contribution is -2.69. The highest BCUT2D eigenvalue weighted by Crippen LogP contribution is 2.55. The summed E-state index contributed by atoms with van der Waals surface area (Å²) in [5, 5.41) is 6.25. The van der Waals surface area contributed by atoms with Crippen molar-refractivity contribution in [2.75, 3.05) is 13.1 Å². The summed E-state index contributed by atoms with van der Waals surface area (Å²) in [7, 11) is 0. The van der Waals surface area contributed by atoms with E-state index in [0.717, 1.165) is 41.9 Å². The fourth-order valence-electron chi connectivity index (χ4n) is 3.88. The molecule has 2 aliphatic heterocycles. The zero-order valence-corrected chi connectivity index (χ0v) is 14.2. The van der Waals surface area contributed by atoms with Crippen LogP contribution in [-0.2, 0) is 4.79 Å². The van der Waals surface area contributed by atoms with E-state index in [2.05, 4.69) is 35.9 Å². The number of hydrogen-bond donors (Lipinski definition) is 2. The maximum Gasteiger partial charge on any atom is 0.322 e. The van der Waals surface area contributed by atoms with Gasteiger partial charge in [0.15, 0.2) is 0 Å². The summed E-state index contributed by atoms with van der Waals surface area (Å²) in [6.45, 7) is 1.59. The number of urea groups is 1. The fourth-order valence-corrected chi connectivity index (χ4v) is 5.23. The molecule has 3 aliphatic rings. The Bertz CT molecular complexity index is 647. The molecule has 1 aromatic rings. The smallest absolute Gasteiger partial charge is 0.322 e. The van der Waals surface area contributed by atoms with Gasteiger partial charge >= 0.3 is 6.03 Å². The molecule has 3 fully saturated rings. The number of rotatable bonds is 2. The number of imide groups is 1. The molecule has 22 heavy (non-hydrogen) atoms. The van der Waals surface area contributed by atoms with Gasteiger partial charge in [-0.1, -0.05) is 0 Å². The summed E-state index contributed by atoms with van der Waals surface area (Å²) >= 11 is 4.98. The second-order valence-electron chi connectivity index (χ2n) is 6.15. The van der Waals surface area contributed by atoms with E-state index in [1.54, 1.807) is 18.1 Å². The Morgan fingerprint density at radius 2 is 2.09 bits per heavy atom. The number of nitrogens with one attached hydrogen (secondary N) is 2. The number of fused-ring (bicyclic) bond motifs is 1. The number of pyridine rings is 1. The summed E-state index contributed by atoms with van der Waals surface area (Å²) in [5.41, 5.74) is -0.833. The van der Waals surface area contributed by atoms with E-state index in [-0.39, 0.29) is 17.4 Å². The van der Waals surface area contributed by atoms with E-state index >= 15 is 0 Å². The molecule has 0 radical (unpaired) electrons. The van der Waals surface area contributed by atoms with Crippen molar-refractivity contribution in [1.82, 2.24) is 19.9 Å². The summed E-state index contributed by atoms with van der Waals surface area (Å²) in [5.74, 6) is -0.151. The highest BCUT2D eigenvalue weighted by atomic mass is 79.9. The van der Waals surface area contributed by atoms with Gasteiger partial charge in [0.1, 0.15) is 10.6 Å². The highest BCUT2D eigenvalue weighted by Gasteiger charge is 2.67. The quantitative estimate of drug-likeness (QED) is 0.603. The van der Waals surface area contributed by atoms with Gasteiger partial charge in [0.05, 0.1) is 0 Å². The van der Waals surface area contributed by atoms with Crippen LogP contribution in [0.25, 0.3) is 0 Å². The second kappa shape index (κ2) is 4.94. The molecule has 1 unspecified atom stereocenters. The number of nitrogens with zero attached hydrogens (tertiary/aromatic N) is 2. The molecule has 4 rings (SSSR count). The first-order chi connectivity index (χ1) is 10.5. The van der Waals surface area contributed by atoms with Crippen molar-refractivity contribution >= 4 is 39.8 Å². The van der Waals surface area contributed by atoms with Crippen molar-refractivity contribution in [2.45, 2.75) is 29.8 Å². The average Bonchev–Trinajstić information content (AvgIpc) is 2.94. The summed E-state index contributed by atoms with van der Waals surface area (Å²) < 4.78 is 3.16. The summed E-state index contributed by atoms with van der Waals surface area (Å²) in [4.78, 5) is 28.2. The lowest BCUT2D eigenvalue weighted by molar-refractivity contribution is -0.131. The number of aromatic nitrogens is 1. The minimum Gasteiger partial charge on any atom is -0.323 e. The minimum absolute atomic E-state index is 0.133. The Labute approximate surface area is 140 Å². The van der Waals surface area contributed by atoms with Gasteiger partial charge < -0.3 is 5.32 Å². The third kappa shape index (κ3) is 2.00. The molecular formula is C14H15BrN4O2S. The van der Waals surface area contributed by atoms with Crippen molar-refractivity contribution in [2.24, 2.45) is 5.41 Å². The van der Waals surface area contributed by atoms with Gasteiger partial charge in [0, 0.05) is 29.2 Å². The van der Waals surface area contributed by atoms with Crippen LogP contribution in [0.4, 0.5) is 4.79 Å². The summed E-state index contributed by atoms with van der Waals surface area (Å²) in [6.07, 6.45) is 4.47. The Hall–Kier alpha value is -1.12. The van der Waals surface area contributed by atoms with E-state index in [4.69, 9.17) is 0 Å². The third-order valence-electron chi connectivity index (χ3n) is 4.93. The SMILES string of the molecule is O=C1NC(=O)C2(CCCC23CN(Sc2ccc(Br)cn2)C3)N1. The average molecular weight is 383 g/mol. The van der Waals surface area contributed by atoms with Crippen LogP contribution in [0.2, 0.25) is 0 Å². The van der Waals surface area contributed by atoms with Gasteiger partial charge in [-0.05, 0) is 59.3 Å². The zero-order valence-electron chi connectivity index (χ0n) is 11.8. The molecule has 1 aliphatic carbocycles. The lowest BCUT2D eigenvalue weighted by Gasteiger charge is -2.53. The van der Waals surface area contributed by atoms with Crippen molar-refractivity contribution in [1.29, 1.82) is 0 Å². The van der Waals surface area contributed by atoms with Gasteiger partial charge in [-0.3, -0.25) is 10.1 Å². The van der Waals surface area contributed by atoms with Crippen molar-refractivity contribution in [3.05, 3.63) is 22.8 Å². The van der Waals surface area contributed by atoms with E-state index < -0.39 is 5.54 Å². The van der Waals surface area contributed by atoms with E-state index in [9.17, 15) is 9.59 Å². The molecule has 2 spiro atoms. The minimum atomic E-state index is -0.700. The molecule has 8 heteroatoms. The van der Waals surface area contributed by atoms with E-state index in [1.165, 1.54) is 0 Å². The van der Waals surface area contributed by atoms with Crippen molar-refractivity contribution in [3.8, 4) is 0 Å². The number of halogens is 1. The largest absolute Gasteiger partial charge is 0.323 e. The van der Waals surface area contributed by atoms with Gasteiger partial charge in [-0.15, -0.1) is 0 Å². The first-order valence-corrected chi connectivity index (χ1v) is 8.78. The van der Waals surface area contributed by atoms with E-state index in [1.807, 2.05) is 12.1 Å². The van der Waals surface area contributed by atoms with Crippen LogP contribution < -0.4 is 10.6 Å². The van der Waals surface area contributed by atoms with Gasteiger partial charge in [-0.25, -0.2) is 14.1 Å². The maximum atomic E-state index is 12.3. The molecule has 3 heterocycles. The molecule has 2 saturated heterocycles. The second-order valence-corrected chi connectivity index (χ2v) is 8.18. The van der Waals surface area contributed by atoms with Gasteiger partial charge in [0.25, 0.3) is 5.91 Å². The topological polar surface area (TPSA) is 74.3 Å². The normalized spacial score (nSPS) is 29.7. The lowest BCUT2D eigenvalue weighted by atomic mass is 9.67. The van der Waals surface area contributed by atoms with Gasteiger partial charge in [0.2, 0.25) is 0 Å². The highest BCUT2D eigenvalue weighted by molar-refractivity contribution is 9.10. The van der Waals surface area contributed by atoms with Crippen molar-refractivity contribution in [3.63, 3.8) is 0 Å². The first-order valence-electron chi connectivity index (χ1n) is 7.21. The molecular weight excluding hydrogens is 368 g/mol. The van der Waals surface area contributed by atoms with Crippen LogP contribution in [0.3, 0.4) is 0 Å². The maximum absolute atomic E-state index is 12.3. The first kappa shape index (κ1) is 14.5. The van der Waals surface area contributed by atoms with Crippen LogP contribution in [0, 0.1) is 5.41 Å². The molecule has 0 aromatic carbocycles. The predicted molar refractivity (Wildman–Crippen MR) is 85.1 cm³/mol. The number of hydrogen-bond acceptors (Lipinski definition) is 5. The molecule has 2 N–H and O–H groups in total. The summed E-state index contributed by atoms with van der Waals surface area (Å²) in [6, 6.07) is 3.58. The van der Waals surface area contributed by atoms with Crippen LogP contribution >= 0.6 is 27.9 Å². The predicted octanol–water partition coefficient (Wildman–Crippen LogP) is 1.92. The Morgan fingerprint density at radius 1 is 1.27 bits per heavy atom. The van der Waals surface area contributed by atoms with Crippen LogP contribution in [0.5, 0.6) is 0 Å². The standard InChI is InChI=1S/C14H15BrN4O2S/c15-9-2-3-10(16-6-9)22-19-7-13(8-19)4-1-5-14(13)11(20)17-12(21)18-14/h2-3,6H,1,4-5,7-8H2,(H2,17,18,20,21).